The van der Waals surface area contributed by atoms with Crippen molar-refractivity contribution in [3.8, 4) is 5.75 Å². The Morgan fingerprint density at radius 1 is 1.40 bits per heavy atom. The lowest BCUT2D eigenvalue weighted by Crippen LogP contribution is -2.15. The highest BCUT2D eigenvalue weighted by atomic mass is 79.9. The van der Waals surface area contributed by atoms with Crippen molar-refractivity contribution in [1.29, 1.82) is 0 Å². The van der Waals surface area contributed by atoms with Gasteiger partial charge in [-0.25, -0.2) is 9.97 Å². The Hall–Kier alpha value is -1.67. The van der Waals surface area contributed by atoms with Crippen LogP contribution in [0.1, 0.15) is 10.4 Å². The number of anilines is 2. The Balaban J connectivity index is 2.24. The summed E-state index contributed by atoms with van der Waals surface area (Å²) >= 11 is 6.40. The highest BCUT2D eigenvalue weighted by Gasteiger charge is 2.13. The smallest absolute Gasteiger partial charge is 0.258 e. The van der Waals surface area contributed by atoms with Crippen molar-refractivity contribution in [3.05, 3.63) is 39.2 Å². The van der Waals surface area contributed by atoms with Crippen LogP contribution >= 0.6 is 31.9 Å². The quantitative estimate of drug-likeness (QED) is 0.771. The SMILES string of the molecule is COc1ccc(C(=O)Nc2ncc(Br)nc2Br)c(N)c1. The predicted molar refractivity (Wildman–Crippen MR) is 82.8 cm³/mol. The summed E-state index contributed by atoms with van der Waals surface area (Å²) in [7, 11) is 1.53. The van der Waals surface area contributed by atoms with E-state index < -0.39 is 0 Å². The van der Waals surface area contributed by atoms with Crippen LogP contribution < -0.4 is 15.8 Å². The van der Waals surface area contributed by atoms with Crippen LogP contribution in [-0.2, 0) is 0 Å². The Kier molecular flexibility index (Phi) is 4.56. The van der Waals surface area contributed by atoms with Crippen LogP contribution in [0.2, 0.25) is 0 Å². The molecule has 104 valence electrons. The zero-order chi connectivity index (χ0) is 14.7. The van der Waals surface area contributed by atoms with Crippen LogP contribution in [0, 0.1) is 0 Å². The summed E-state index contributed by atoms with van der Waals surface area (Å²) in [5, 5.41) is 2.63. The number of nitrogens with zero attached hydrogens (tertiary/aromatic N) is 2. The van der Waals surface area contributed by atoms with Gasteiger partial charge in [-0.1, -0.05) is 0 Å². The number of methoxy groups -OCH3 is 1. The molecule has 1 aromatic carbocycles. The van der Waals surface area contributed by atoms with Crippen molar-refractivity contribution in [2.45, 2.75) is 0 Å². The van der Waals surface area contributed by atoms with E-state index in [1.54, 1.807) is 18.2 Å². The predicted octanol–water partition coefficient (Wildman–Crippen LogP) is 2.84. The number of nitrogens with one attached hydrogen (secondary N) is 1. The van der Waals surface area contributed by atoms with Gasteiger partial charge in [0.05, 0.1) is 18.9 Å². The van der Waals surface area contributed by atoms with E-state index in [9.17, 15) is 4.79 Å². The first-order valence-electron chi connectivity index (χ1n) is 5.44. The maximum absolute atomic E-state index is 12.1. The third-order valence-electron chi connectivity index (χ3n) is 2.44. The third kappa shape index (κ3) is 3.26. The van der Waals surface area contributed by atoms with E-state index in [-0.39, 0.29) is 5.91 Å². The van der Waals surface area contributed by atoms with Crippen LogP contribution in [0.5, 0.6) is 5.75 Å². The summed E-state index contributed by atoms with van der Waals surface area (Å²) in [5.74, 6) is 0.527. The highest BCUT2D eigenvalue weighted by molar-refractivity contribution is 9.11. The van der Waals surface area contributed by atoms with Gasteiger partial charge in [0.1, 0.15) is 15.0 Å². The number of amides is 1. The second-order valence-corrected chi connectivity index (χ2v) is 5.30. The second kappa shape index (κ2) is 6.19. The highest BCUT2D eigenvalue weighted by Crippen LogP contribution is 2.23. The molecule has 0 radical (unpaired) electrons. The topological polar surface area (TPSA) is 90.1 Å². The van der Waals surface area contributed by atoms with Crippen LogP contribution in [0.3, 0.4) is 0 Å². The maximum Gasteiger partial charge on any atom is 0.258 e. The Bertz CT molecular complexity index is 664. The second-order valence-electron chi connectivity index (χ2n) is 3.74. The third-order valence-corrected chi connectivity index (χ3v) is 3.37. The molecule has 1 aromatic heterocycles. The molecule has 1 amide bonds. The van der Waals surface area contributed by atoms with Crippen LogP contribution in [0.25, 0.3) is 0 Å². The van der Waals surface area contributed by atoms with Crippen LogP contribution in [0.15, 0.2) is 33.6 Å². The fraction of sp³-hybridized carbons (Fsp3) is 0.0833. The first-order chi connectivity index (χ1) is 9.51. The van der Waals surface area contributed by atoms with Crippen molar-refractivity contribution in [1.82, 2.24) is 9.97 Å². The van der Waals surface area contributed by atoms with Gasteiger partial charge in [0.2, 0.25) is 0 Å². The fourth-order valence-corrected chi connectivity index (χ4v) is 2.39. The lowest BCUT2D eigenvalue weighted by Gasteiger charge is -2.09. The monoisotopic (exact) mass is 400 g/mol. The normalized spacial score (nSPS) is 10.2. The molecule has 0 aliphatic carbocycles. The number of halogens is 2. The van der Waals surface area contributed by atoms with E-state index in [0.29, 0.717) is 32.0 Å². The number of aromatic nitrogens is 2. The van der Waals surface area contributed by atoms with Gasteiger partial charge in [0.15, 0.2) is 5.82 Å². The Morgan fingerprint density at radius 3 is 2.75 bits per heavy atom. The molecule has 20 heavy (non-hydrogen) atoms. The van der Waals surface area contributed by atoms with Gasteiger partial charge in [-0.3, -0.25) is 4.79 Å². The van der Waals surface area contributed by atoms with Gasteiger partial charge in [0, 0.05) is 11.8 Å². The van der Waals surface area contributed by atoms with Crippen molar-refractivity contribution < 1.29 is 9.53 Å². The maximum atomic E-state index is 12.1. The summed E-state index contributed by atoms with van der Waals surface area (Å²) < 4.78 is 6.02. The lowest BCUT2D eigenvalue weighted by molar-refractivity contribution is 0.102. The summed E-state index contributed by atoms with van der Waals surface area (Å²) in [4.78, 5) is 20.3. The first kappa shape index (κ1) is 14.7. The molecule has 0 bridgehead atoms. The summed E-state index contributed by atoms with van der Waals surface area (Å²) in [6, 6.07) is 4.83. The molecule has 0 atom stereocenters. The first-order valence-corrected chi connectivity index (χ1v) is 7.02. The fourth-order valence-electron chi connectivity index (χ4n) is 1.48. The molecule has 2 aromatic rings. The van der Waals surface area contributed by atoms with E-state index in [1.807, 2.05) is 0 Å². The summed E-state index contributed by atoms with van der Waals surface area (Å²) in [5.41, 5.74) is 6.48. The number of nitrogens with two attached hydrogens (primary N) is 1. The summed E-state index contributed by atoms with van der Waals surface area (Å²) in [6.45, 7) is 0. The van der Waals surface area contributed by atoms with E-state index in [2.05, 4.69) is 47.1 Å². The molecule has 1 heterocycles. The van der Waals surface area contributed by atoms with E-state index in [1.165, 1.54) is 13.3 Å². The zero-order valence-corrected chi connectivity index (χ0v) is 13.5. The number of hydrogen-bond acceptors (Lipinski definition) is 5. The van der Waals surface area contributed by atoms with Gasteiger partial charge in [-0.15, -0.1) is 0 Å². The average molecular weight is 402 g/mol. The molecule has 3 N–H and O–H groups in total. The van der Waals surface area contributed by atoms with Crippen LogP contribution in [0.4, 0.5) is 11.5 Å². The van der Waals surface area contributed by atoms with Crippen molar-refractivity contribution >= 4 is 49.3 Å². The molecule has 6 nitrogen and oxygen atoms in total. The molecule has 0 aliphatic heterocycles. The average Bonchev–Trinajstić information content (AvgIpc) is 2.41. The largest absolute Gasteiger partial charge is 0.497 e. The molecule has 0 fully saturated rings. The van der Waals surface area contributed by atoms with Crippen molar-refractivity contribution in [2.24, 2.45) is 0 Å². The molecule has 8 heteroatoms. The number of nitrogen functional groups attached to an aromatic ring is 1. The summed E-state index contributed by atoms with van der Waals surface area (Å²) in [6.07, 6.45) is 1.48. The minimum atomic E-state index is -0.373. The number of benzene rings is 1. The van der Waals surface area contributed by atoms with Gasteiger partial charge >= 0.3 is 0 Å². The van der Waals surface area contributed by atoms with Gasteiger partial charge in [-0.2, -0.15) is 0 Å². The van der Waals surface area contributed by atoms with E-state index in [0.717, 1.165) is 0 Å². The van der Waals surface area contributed by atoms with Crippen LogP contribution in [-0.4, -0.2) is 23.0 Å². The minimum absolute atomic E-state index is 0.313. The Labute approximate surface area is 132 Å². The molecule has 0 unspecified atom stereocenters. The molecular formula is C12H10Br2N4O2. The Morgan fingerprint density at radius 2 is 2.15 bits per heavy atom. The number of rotatable bonds is 3. The molecular weight excluding hydrogens is 392 g/mol. The molecule has 2 rings (SSSR count). The van der Waals surface area contributed by atoms with Gasteiger partial charge in [0.25, 0.3) is 5.91 Å². The minimum Gasteiger partial charge on any atom is -0.497 e. The lowest BCUT2D eigenvalue weighted by atomic mass is 10.1. The number of ether oxygens (including phenoxy) is 1. The molecule has 0 aliphatic rings. The molecule has 0 saturated heterocycles. The van der Waals surface area contributed by atoms with Crippen molar-refractivity contribution in [3.63, 3.8) is 0 Å². The van der Waals surface area contributed by atoms with Crippen molar-refractivity contribution in [2.75, 3.05) is 18.2 Å². The number of hydrogen-bond donors (Lipinski definition) is 2. The van der Waals surface area contributed by atoms with E-state index >= 15 is 0 Å². The number of carbonyl (C=O) groups is 1. The molecule has 0 saturated carbocycles. The number of carbonyl (C=O) groups excluding carboxylic acids is 1. The van der Waals surface area contributed by atoms with E-state index in [4.69, 9.17) is 10.5 Å². The van der Waals surface area contributed by atoms with Gasteiger partial charge in [-0.05, 0) is 44.0 Å². The van der Waals surface area contributed by atoms with Gasteiger partial charge < -0.3 is 15.8 Å². The molecule has 0 spiro atoms. The zero-order valence-electron chi connectivity index (χ0n) is 10.4. The standard InChI is InChI=1S/C12H10Br2N4O2/c1-20-6-2-3-7(8(15)4-6)12(19)18-11-10(14)17-9(13)5-16-11/h2-5H,15H2,1H3,(H,16,18,19).